The third kappa shape index (κ3) is 7.12. The number of rotatable bonds is 9. The minimum Gasteiger partial charge on any atom is -0.326 e. The standard InChI is InChI=1S/C24H24ClN3O2S/c1-2-3-12-22(29)27-19-10-7-11-20(15-19)31-23(17-8-5-4-6-9-17)24(30)28-21-14-13-18(25)16-26-21/h4-11,13-16,23H,2-3,12H2,1H3,(H,27,29)(H,26,28,30). The first-order valence-corrected chi connectivity index (χ1v) is 11.3. The molecule has 1 unspecified atom stereocenters. The highest BCUT2D eigenvalue weighted by Gasteiger charge is 2.22. The van der Waals surface area contributed by atoms with E-state index in [1.807, 2.05) is 54.6 Å². The molecule has 2 N–H and O–H groups in total. The van der Waals surface area contributed by atoms with E-state index in [4.69, 9.17) is 11.6 Å². The highest BCUT2D eigenvalue weighted by atomic mass is 35.5. The normalized spacial score (nSPS) is 11.5. The molecule has 0 aliphatic rings. The van der Waals surface area contributed by atoms with E-state index in [0.717, 1.165) is 29.0 Å². The zero-order valence-electron chi connectivity index (χ0n) is 17.2. The fraction of sp³-hybridized carbons (Fsp3) is 0.208. The first-order valence-electron chi connectivity index (χ1n) is 10.1. The van der Waals surface area contributed by atoms with Gasteiger partial charge in [0.2, 0.25) is 11.8 Å². The number of carbonyl (C=O) groups excluding carboxylic acids is 2. The van der Waals surface area contributed by atoms with Crippen LogP contribution in [0.3, 0.4) is 0 Å². The van der Waals surface area contributed by atoms with E-state index in [9.17, 15) is 9.59 Å². The molecule has 5 nitrogen and oxygen atoms in total. The van der Waals surface area contributed by atoms with Gasteiger partial charge in [0.1, 0.15) is 11.1 Å². The molecule has 1 aromatic heterocycles. The molecule has 0 aliphatic heterocycles. The van der Waals surface area contributed by atoms with Crippen molar-refractivity contribution < 1.29 is 9.59 Å². The number of thioether (sulfide) groups is 1. The van der Waals surface area contributed by atoms with Crippen molar-refractivity contribution in [3.8, 4) is 0 Å². The number of carbonyl (C=O) groups is 2. The molecule has 1 atom stereocenters. The van der Waals surface area contributed by atoms with Crippen LogP contribution in [0.25, 0.3) is 0 Å². The molecule has 0 bridgehead atoms. The topological polar surface area (TPSA) is 71.1 Å². The number of benzene rings is 2. The van der Waals surface area contributed by atoms with Gasteiger partial charge in [-0.25, -0.2) is 4.98 Å². The number of pyridine rings is 1. The van der Waals surface area contributed by atoms with Crippen molar-refractivity contribution in [3.63, 3.8) is 0 Å². The first kappa shape index (κ1) is 22.8. The molecule has 0 radical (unpaired) electrons. The Kier molecular flexibility index (Phi) is 8.50. The quantitative estimate of drug-likeness (QED) is 0.371. The lowest BCUT2D eigenvalue weighted by Crippen LogP contribution is -2.19. The molecule has 2 amide bonds. The van der Waals surface area contributed by atoms with Crippen LogP contribution in [0.15, 0.2) is 77.8 Å². The number of anilines is 2. The van der Waals surface area contributed by atoms with Gasteiger partial charge in [0.05, 0.1) is 5.02 Å². The number of amides is 2. The van der Waals surface area contributed by atoms with Crippen LogP contribution in [0.2, 0.25) is 5.02 Å². The SMILES string of the molecule is CCCCC(=O)Nc1cccc(SC(C(=O)Nc2ccc(Cl)cn2)c2ccccc2)c1. The average Bonchev–Trinajstić information content (AvgIpc) is 2.78. The van der Waals surface area contributed by atoms with Gasteiger partial charge in [-0.05, 0) is 42.3 Å². The predicted octanol–water partition coefficient (Wildman–Crippen LogP) is 6.34. The van der Waals surface area contributed by atoms with Crippen LogP contribution in [0, 0.1) is 0 Å². The summed E-state index contributed by atoms with van der Waals surface area (Å²) in [5.41, 5.74) is 1.59. The Morgan fingerprint density at radius 3 is 2.55 bits per heavy atom. The molecular formula is C24H24ClN3O2S. The third-order valence-electron chi connectivity index (χ3n) is 4.45. The summed E-state index contributed by atoms with van der Waals surface area (Å²) < 4.78 is 0. The molecule has 0 spiro atoms. The van der Waals surface area contributed by atoms with Gasteiger partial charge in [-0.2, -0.15) is 0 Å². The van der Waals surface area contributed by atoms with Gasteiger partial charge in [-0.1, -0.05) is 61.3 Å². The number of hydrogen-bond donors (Lipinski definition) is 2. The molecule has 7 heteroatoms. The summed E-state index contributed by atoms with van der Waals surface area (Å²) >= 11 is 7.30. The number of aromatic nitrogens is 1. The molecule has 0 aliphatic carbocycles. The fourth-order valence-electron chi connectivity index (χ4n) is 2.89. The van der Waals surface area contributed by atoms with Crippen LogP contribution >= 0.6 is 23.4 Å². The van der Waals surface area contributed by atoms with Gasteiger partial charge in [0, 0.05) is 23.2 Å². The van der Waals surface area contributed by atoms with E-state index >= 15 is 0 Å². The summed E-state index contributed by atoms with van der Waals surface area (Å²) in [5, 5.41) is 5.80. The van der Waals surface area contributed by atoms with Gasteiger partial charge in [0.15, 0.2) is 0 Å². The van der Waals surface area contributed by atoms with Crippen molar-refractivity contribution in [1.29, 1.82) is 0 Å². The van der Waals surface area contributed by atoms with Crippen LogP contribution in [0.4, 0.5) is 11.5 Å². The maximum Gasteiger partial charge on any atom is 0.243 e. The minimum atomic E-state index is -0.496. The second-order valence-electron chi connectivity index (χ2n) is 6.94. The summed E-state index contributed by atoms with van der Waals surface area (Å²) in [5.74, 6) is 0.242. The lowest BCUT2D eigenvalue weighted by molar-refractivity contribution is -0.116. The second-order valence-corrected chi connectivity index (χ2v) is 8.55. The smallest absolute Gasteiger partial charge is 0.243 e. The number of halogens is 1. The monoisotopic (exact) mass is 453 g/mol. The maximum atomic E-state index is 13.1. The lowest BCUT2D eigenvalue weighted by atomic mass is 10.1. The maximum absolute atomic E-state index is 13.1. The Hall–Kier alpha value is -2.83. The van der Waals surface area contributed by atoms with Crippen LogP contribution in [0.1, 0.15) is 37.0 Å². The van der Waals surface area contributed by atoms with Crippen LogP contribution < -0.4 is 10.6 Å². The first-order chi connectivity index (χ1) is 15.0. The van der Waals surface area contributed by atoms with Crippen molar-refractivity contribution in [3.05, 3.63) is 83.5 Å². The summed E-state index contributed by atoms with van der Waals surface area (Å²) in [6.07, 6.45) is 3.82. The summed E-state index contributed by atoms with van der Waals surface area (Å²) in [6, 6.07) is 20.4. The van der Waals surface area contributed by atoms with E-state index in [2.05, 4.69) is 22.5 Å². The van der Waals surface area contributed by atoms with Crippen molar-refractivity contribution in [2.75, 3.05) is 10.6 Å². The van der Waals surface area contributed by atoms with Crippen LogP contribution in [0.5, 0.6) is 0 Å². The largest absolute Gasteiger partial charge is 0.326 e. The Morgan fingerprint density at radius 1 is 1.03 bits per heavy atom. The van der Waals surface area contributed by atoms with E-state index in [1.54, 1.807) is 12.1 Å². The molecule has 3 aromatic rings. The Balaban J connectivity index is 1.77. The van der Waals surface area contributed by atoms with Gasteiger partial charge < -0.3 is 10.6 Å². The van der Waals surface area contributed by atoms with Crippen LogP contribution in [-0.2, 0) is 9.59 Å². The van der Waals surface area contributed by atoms with Crippen molar-refractivity contribution in [2.24, 2.45) is 0 Å². The van der Waals surface area contributed by atoms with E-state index < -0.39 is 5.25 Å². The van der Waals surface area contributed by atoms with Crippen molar-refractivity contribution >= 4 is 46.7 Å². The van der Waals surface area contributed by atoms with Gasteiger partial charge in [0.25, 0.3) is 0 Å². The lowest BCUT2D eigenvalue weighted by Gasteiger charge is -2.17. The average molecular weight is 454 g/mol. The molecule has 0 saturated carbocycles. The minimum absolute atomic E-state index is 0.00448. The molecule has 0 fully saturated rings. The van der Waals surface area contributed by atoms with Gasteiger partial charge >= 0.3 is 0 Å². The third-order valence-corrected chi connectivity index (χ3v) is 5.92. The van der Waals surface area contributed by atoms with Gasteiger partial charge in [-0.15, -0.1) is 11.8 Å². The summed E-state index contributed by atoms with van der Waals surface area (Å²) in [4.78, 5) is 30.2. The van der Waals surface area contributed by atoms with Crippen LogP contribution in [-0.4, -0.2) is 16.8 Å². The second kappa shape index (κ2) is 11.5. The molecule has 0 saturated heterocycles. The number of nitrogens with one attached hydrogen (secondary N) is 2. The van der Waals surface area contributed by atoms with Crippen molar-refractivity contribution in [1.82, 2.24) is 4.98 Å². The molecule has 31 heavy (non-hydrogen) atoms. The zero-order chi connectivity index (χ0) is 22.1. The Labute approximate surface area is 191 Å². The van der Waals surface area contributed by atoms with Gasteiger partial charge in [-0.3, -0.25) is 9.59 Å². The highest BCUT2D eigenvalue weighted by molar-refractivity contribution is 8.00. The zero-order valence-corrected chi connectivity index (χ0v) is 18.7. The summed E-state index contributed by atoms with van der Waals surface area (Å²) in [7, 11) is 0. The number of unbranched alkanes of at least 4 members (excludes halogenated alkanes) is 1. The van der Waals surface area contributed by atoms with Crippen molar-refractivity contribution in [2.45, 2.75) is 36.3 Å². The fourth-order valence-corrected chi connectivity index (χ4v) is 4.08. The predicted molar refractivity (Wildman–Crippen MR) is 128 cm³/mol. The Bertz CT molecular complexity index is 1010. The number of nitrogens with zero attached hydrogens (tertiary/aromatic N) is 1. The number of hydrogen-bond acceptors (Lipinski definition) is 4. The van der Waals surface area contributed by atoms with E-state index in [1.165, 1.54) is 18.0 Å². The molecule has 160 valence electrons. The highest BCUT2D eigenvalue weighted by Crippen LogP contribution is 2.37. The molecule has 1 heterocycles. The molecule has 3 rings (SSSR count). The summed E-state index contributed by atoms with van der Waals surface area (Å²) in [6.45, 7) is 2.05. The van der Waals surface area contributed by atoms with E-state index in [0.29, 0.717) is 17.3 Å². The molecule has 2 aromatic carbocycles. The Morgan fingerprint density at radius 2 is 1.84 bits per heavy atom. The molecular weight excluding hydrogens is 430 g/mol. The van der Waals surface area contributed by atoms with E-state index in [-0.39, 0.29) is 11.8 Å².